The molecule has 0 aliphatic carbocycles. The van der Waals surface area contributed by atoms with Crippen molar-refractivity contribution in [3.8, 4) is 0 Å². The maximum atomic E-state index is 13.9. The molecule has 1 aliphatic heterocycles. The predicted molar refractivity (Wildman–Crippen MR) is 137 cm³/mol. The molecule has 3 aromatic carbocycles. The molecule has 4 rings (SSSR count). The van der Waals surface area contributed by atoms with E-state index >= 15 is 0 Å². The number of rotatable bonds is 8. The topological polar surface area (TPSA) is 66.8 Å². The number of amides is 1. The molecule has 0 bridgehead atoms. The van der Waals surface area contributed by atoms with Crippen molar-refractivity contribution in [1.82, 2.24) is 4.90 Å². The Balaban J connectivity index is 1.85. The molecular formula is C28H27Cl2NO4. The monoisotopic (exact) mass is 511 g/mol. The minimum absolute atomic E-state index is 0.330. The Labute approximate surface area is 215 Å². The van der Waals surface area contributed by atoms with Gasteiger partial charge in [-0.15, -0.1) is 0 Å². The largest absolute Gasteiger partial charge is 0.480 e. The summed E-state index contributed by atoms with van der Waals surface area (Å²) in [7, 11) is 0. The average molecular weight is 512 g/mol. The van der Waals surface area contributed by atoms with Crippen molar-refractivity contribution in [3.63, 3.8) is 0 Å². The summed E-state index contributed by atoms with van der Waals surface area (Å²) in [6.07, 6.45) is -0.147. The summed E-state index contributed by atoms with van der Waals surface area (Å²) < 4.78 is 6.50. The predicted octanol–water partition coefficient (Wildman–Crippen LogP) is 6.50. The van der Waals surface area contributed by atoms with Crippen LogP contribution in [0.15, 0.2) is 78.9 Å². The van der Waals surface area contributed by atoms with Gasteiger partial charge in [0.2, 0.25) is 0 Å². The van der Waals surface area contributed by atoms with Crippen LogP contribution in [0.1, 0.15) is 48.6 Å². The zero-order valence-electron chi connectivity index (χ0n) is 19.3. The van der Waals surface area contributed by atoms with E-state index in [9.17, 15) is 14.7 Å². The summed E-state index contributed by atoms with van der Waals surface area (Å²) in [5, 5.41) is 11.3. The van der Waals surface area contributed by atoms with Gasteiger partial charge in [0.1, 0.15) is 18.2 Å². The summed E-state index contributed by atoms with van der Waals surface area (Å²) >= 11 is 12.3. The van der Waals surface area contributed by atoms with Gasteiger partial charge in [0.15, 0.2) is 0 Å². The van der Waals surface area contributed by atoms with Gasteiger partial charge in [-0.05, 0) is 47.4 Å². The molecule has 7 heteroatoms. The van der Waals surface area contributed by atoms with Crippen LogP contribution < -0.4 is 0 Å². The third-order valence-electron chi connectivity index (χ3n) is 6.28. The first-order valence-electron chi connectivity index (χ1n) is 11.6. The van der Waals surface area contributed by atoms with Crippen molar-refractivity contribution < 1.29 is 19.4 Å². The average Bonchev–Trinajstić information content (AvgIpc) is 2.85. The Hall–Kier alpha value is -2.86. The quantitative estimate of drug-likeness (QED) is 0.374. The van der Waals surface area contributed by atoms with Gasteiger partial charge in [0.05, 0.1) is 6.04 Å². The summed E-state index contributed by atoms with van der Waals surface area (Å²) in [6.45, 7) is 1.91. The minimum atomic E-state index is -1.03. The molecule has 1 saturated heterocycles. The van der Waals surface area contributed by atoms with Crippen molar-refractivity contribution >= 4 is 35.1 Å². The standard InChI is InChI=1S/C28H27Cl2NO4/c1-2-6-23(28(33)34)31-25(19-9-13-21(29)14-10-19)26(20-11-15-22(30)16-12-20)35-24(27(31)32)17-18-7-4-3-5-8-18/h3-5,7-16,23-26H,2,6,17H2,1H3,(H,33,34). The first kappa shape index (κ1) is 25.2. The summed E-state index contributed by atoms with van der Waals surface area (Å²) in [5.41, 5.74) is 2.50. The molecule has 1 fully saturated rings. The van der Waals surface area contributed by atoms with Crippen LogP contribution in [-0.2, 0) is 20.7 Å². The van der Waals surface area contributed by atoms with Gasteiger partial charge in [-0.1, -0.05) is 91.1 Å². The van der Waals surface area contributed by atoms with Crippen LogP contribution in [0.4, 0.5) is 0 Å². The molecule has 1 amide bonds. The molecule has 5 nitrogen and oxygen atoms in total. The van der Waals surface area contributed by atoms with E-state index in [2.05, 4.69) is 0 Å². The number of benzene rings is 3. The lowest BCUT2D eigenvalue weighted by Crippen LogP contribution is -2.57. The highest BCUT2D eigenvalue weighted by molar-refractivity contribution is 6.30. The highest BCUT2D eigenvalue weighted by Crippen LogP contribution is 2.44. The Morgan fingerprint density at radius 2 is 1.51 bits per heavy atom. The van der Waals surface area contributed by atoms with Crippen molar-refractivity contribution in [2.75, 3.05) is 0 Å². The Morgan fingerprint density at radius 1 is 0.943 bits per heavy atom. The number of halogens is 2. The van der Waals surface area contributed by atoms with E-state index in [1.54, 1.807) is 24.3 Å². The van der Waals surface area contributed by atoms with Crippen molar-refractivity contribution in [2.24, 2.45) is 0 Å². The van der Waals surface area contributed by atoms with E-state index in [0.717, 1.165) is 16.7 Å². The van der Waals surface area contributed by atoms with E-state index in [-0.39, 0.29) is 5.91 Å². The van der Waals surface area contributed by atoms with Gasteiger partial charge < -0.3 is 14.7 Å². The number of carboxylic acid groups (broad SMARTS) is 1. The molecule has 4 atom stereocenters. The smallest absolute Gasteiger partial charge is 0.326 e. The molecule has 0 aromatic heterocycles. The molecular weight excluding hydrogens is 485 g/mol. The Morgan fingerprint density at radius 3 is 2.06 bits per heavy atom. The normalized spacial score (nSPS) is 21.1. The molecule has 35 heavy (non-hydrogen) atoms. The third-order valence-corrected chi connectivity index (χ3v) is 6.79. The van der Waals surface area contributed by atoms with Gasteiger partial charge >= 0.3 is 5.97 Å². The van der Waals surface area contributed by atoms with Crippen LogP contribution in [0.25, 0.3) is 0 Å². The number of ether oxygens (including phenoxy) is 1. The lowest BCUT2D eigenvalue weighted by Gasteiger charge is -2.47. The lowest BCUT2D eigenvalue weighted by molar-refractivity contribution is -0.184. The highest BCUT2D eigenvalue weighted by atomic mass is 35.5. The van der Waals surface area contributed by atoms with Gasteiger partial charge in [0.25, 0.3) is 5.91 Å². The van der Waals surface area contributed by atoms with Gasteiger partial charge in [-0.3, -0.25) is 4.79 Å². The molecule has 1 heterocycles. The molecule has 0 spiro atoms. The van der Waals surface area contributed by atoms with Crippen LogP contribution in [0, 0.1) is 0 Å². The first-order valence-corrected chi connectivity index (χ1v) is 12.4. The van der Waals surface area contributed by atoms with Crippen molar-refractivity contribution in [2.45, 2.75) is 50.5 Å². The number of carbonyl (C=O) groups is 2. The van der Waals surface area contributed by atoms with Crippen LogP contribution in [-0.4, -0.2) is 34.0 Å². The fourth-order valence-electron chi connectivity index (χ4n) is 4.63. The number of carbonyl (C=O) groups excluding carboxylic acids is 1. The molecule has 0 radical (unpaired) electrons. The maximum Gasteiger partial charge on any atom is 0.326 e. The van der Waals surface area contributed by atoms with E-state index in [1.165, 1.54) is 4.90 Å². The fourth-order valence-corrected chi connectivity index (χ4v) is 4.89. The SMILES string of the molecule is CCCC(C(=O)O)N1C(=O)C(Cc2ccccc2)OC(c2ccc(Cl)cc2)C1c1ccc(Cl)cc1. The van der Waals surface area contributed by atoms with Gasteiger partial charge in [0, 0.05) is 16.5 Å². The van der Waals surface area contributed by atoms with E-state index in [0.29, 0.717) is 29.3 Å². The molecule has 4 unspecified atom stereocenters. The zero-order chi connectivity index (χ0) is 24.9. The number of nitrogens with zero attached hydrogens (tertiary/aromatic N) is 1. The molecule has 1 N–H and O–H groups in total. The highest BCUT2D eigenvalue weighted by Gasteiger charge is 2.48. The molecule has 3 aromatic rings. The second kappa shape index (κ2) is 11.3. The number of aliphatic carboxylic acids is 1. The van der Waals surface area contributed by atoms with Crippen molar-refractivity contribution in [1.29, 1.82) is 0 Å². The maximum absolute atomic E-state index is 13.9. The number of morpholine rings is 1. The Bertz CT molecular complexity index is 1150. The van der Waals surface area contributed by atoms with Crippen LogP contribution in [0.3, 0.4) is 0 Å². The molecule has 182 valence electrons. The third kappa shape index (κ3) is 5.69. The lowest BCUT2D eigenvalue weighted by atomic mass is 9.88. The minimum Gasteiger partial charge on any atom is -0.480 e. The second-order valence-corrected chi connectivity index (χ2v) is 9.54. The number of carboxylic acids is 1. The van der Waals surface area contributed by atoms with Crippen LogP contribution in [0.5, 0.6) is 0 Å². The first-order chi connectivity index (χ1) is 16.9. The summed E-state index contributed by atoms with van der Waals surface area (Å²) in [5.74, 6) is -1.37. The number of hydrogen-bond acceptors (Lipinski definition) is 3. The van der Waals surface area contributed by atoms with Gasteiger partial charge in [-0.25, -0.2) is 4.79 Å². The molecule has 0 saturated carbocycles. The van der Waals surface area contributed by atoms with Crippen molar-refractivity contribution in [3.05, 3.63) is 106 Å². The van der Waals surface area contributed by atoms with Gasteiger partial charge in [-0.2, -0.15) is 0 Å². The second-order valence-electron chi connectivity index (χ2n) is 8.67. The fraction of sp³-hybridized carbons (Fsp3) is 0.286. The van der Waals surface area contributed by atoms with E-state index < -0.39 is 30.3 Å². The zero-order valence-corrected chi connectivity index (χ0v) is 20.8. The van der Waals surface area contributed by atoms with Crippen LogP contribution in [0.2, 0.25) is 10.0 Å². The number of hydrogen-bond donors (Lipinski definition) is 1. The summed E-state index contributed by atoms with van der Waals surface area (Å²) in [6, 6.07) is 22.3. The summed E-state index contributed by atoms with van der Waals surface area (Å²) in [4.78, 5) is 27.9. The van der Waals surface area contributed by atoms with E-state index in [1.807, 2.05) is 61.5 Å². The van der Waals surface area contributed by atoms with E-state index in [4.69, 9.17) is 27.9 Å². The Kier molecular flexibility index (Phi) is 8.11. The van der Waals surface area contributed by atoms with Crippen LogP contribution >= 0.6 is 23.2 Å². The molecule has 1 aliphatic rings.